The number of hydrogen-bond acceptors (Lipinski definition) is 4. The Bertz CT molecular complexity index is 611. The average molecular weight is 463 g/mol. The zero-order valence-corrected chi connectivity index (χ0v) is 18.3. The lowest BCUT2D eigenvalue weighted by Crippen LogP contribution is -2.66. The minimum atomic E-state index is -0.245. The fraction of sp³-hybridized carbons (Fsp3) is 0.750. The summed E-state index contributed by atoms with van der Waals surface area (Å²) in [5.74, 6) is 1.69. The highest BCUT2D eigenvalue weighted by Gasteiger charge is 2.40. The van der Waals surface area contributed by atoms with Crippen molar-refractivity contribution in [3.05, 3.63) is 12.2 Å². The van der Waals surface area contributed by atoms with E-state index < -0.39 is 0 Å². The zero-order chi connectivity index (χ0) is 17.9. The summed E-state index contributed by atoms with van der Waals surface area (Å²) in [5.41, 5.74) is -0.245. The van der Waals surface area contributed by atoms with Crippen LogP contribution in [0, 0.1) is 0 Å². The van der Waals surface area contributed by atoms with Crippen molar-refractivity contribution in [2.45, 2.75) is 59.3 Å². The smallest absolute Gasteiger partial charge is 0.242 e. The highest BCUT2D eigenvalue weighted by molar-refractivity contribution is 14.0. The number of rotatable bonds is 4. The number of guanidine groups is 1. The Kier molecular flexibility index (Phi) is 7.63. The maximum Gasteiger partial charge on any atom is 0.242 e. The van der Waals surface area contributed by atoms with Gasteiger partial charge in [-0.3, -0.25) is 9.79 Å². The van der Waals surface area contributed by atoms with Gasteiger partial charge in [0.05, 0.1) is 18.6 Å². The number of piperazine rings is 1. The van der Waals surface area contributed by atoms with Crippen LogP contribution in [0.5, 0.6) is 0 Å². The summed E-state index contributed by atoms with van der Waals surface area (Å²) in [4.78, 5) is 20.9. The van der Waals surface area contributed by atoms with Gasteiger partial charge in [0, 0.05) is 26.2 Å². The molecule has 0 aromatic carbocycles. The van der Waals surface area contributed by atoms with E-state index in [0.29, 0.717) is 19.0 Å². The first-order valence-corrected chi connectivity index (χ1v) is 8.44. The quantitative estimate of drug-likeness (QED) is 0.414. The second-order valence-corrected chi connectivity index (χ2v) is 6.96. The van der Waals surface area contributed by atoms with Crippen molar-refractivity contribution in [1.29, 1.82) is 0 Å². The summed E-state index contributed by atoms with van der Waals surface area (Å²) in [7, 11) is 1.74. The number of amides is 1. The molecule has 1 aromatic rings. The molecule has 2 rings (SSSR count). The Balaban J connectivity index is 0.00000312. The standard InChI is InChI=1S/C16H29N7O.HI/c1-7-21-11-19-20-13(21)8-18-15(17-6)22-9-14(24)23(12(2)3)16(4,5)10-22;/h11-12H,7-10H2,1-6H3,(H,17,18);1H. The second-order valence-electron chi connectivity index (χ2n) is 6.96. The highest BCUT2D eigenvalue weighted by atomic mass is 127. The van der Waals surface area contributed by atoms with Gasteiger partial charge in [-0.05, 0) is 34.6 Å². The highest BCUT2D eigenvalue weighted by Crippen LogP contribution is 2.24. The lowest BCUT2D eigenvalue weighted by Gasteiger charge is -2.49. The molecule has 2 heterocycles. The Labute approximate surface area is 167 Å². The summed E-state index contributed by atoms with van der Waals surface area (Å²) in [6, 6.07) is 0.188. The second kappa shape index (κ2) is 8.81. The van der Waals surface area contributed by atoms with Gasteiger partial charge in [-0.1, -0.05) is 0 Å². The minimum Gasteiger partial charge on any atom is -0.349 e. The van der Waals surface area contributed by atoms with E-state index in [1.807, 2.05) is 21.3 Å². The lowest BCUT2D eigenvalue weighted by atomic mass is 9.96. The van der Waals surface area contributed by atoms with Gasteiger partial charge in [0.2, 0.25) is 5.91 Å². The Morgan fingerprint density at radius 2 is 2.12 bits per heavy atom. The number of aliphatic imine (C=N–C) groups is 1. The van der Waals surface area contributed by atoms with Crippen molar-refractivity contribution in [3.63, 3.8) is 0 Å². The topological polar surface area (TPSA) is 78.6 Å². The first kappa shape index (κ1) is 21.7. The van der Waals surface area contributed by atoms with Gasteiger partial charge < -0.3 is 19.7 Å². The SMILES string of the molecule is CCn1cnnc1CNC(=NC)N1CC(=O)N(C(C)C)C(C)(C)C1.I. The predicted molar refractivity (Wildman–Crippen MR) is 109 cm³/mol. The molecule has 1 amide bonds. The van der Waals surface area contributed by atoms with E-state index in [1.54, 1.807) is 13.4 Å². The molecule has 8 nitrogen and oxygen atoms in total. The zero-order valence-electron chi connectivity index (χ0n) is 16.0. The number of aryl methyl sites for hydroxylation is 1. The van der Waals surface area contributed by atoms with Gasteiger partial charge in [-0.2, -0.15) is 0 Å². The van der Waals surface area contributed by atoms with Crippen LogP contribution < -0.4 is 5.32 Å². The number of hydrogen-bond donors (Lipinski definition) is 1. The third kappa shape index (κ3) is 4.83. The molecule has 1 aliphatic heterocycles. The van der Waals surface area contributed by atoms with E-state index in [4.69, 9.17) is 0 Å². The van der Waals surface area contributed by atoms with E-state index >= 15 is 0 Å². The summed E-state index contributed by atoms with van der Waals surface area (Å²) >= 11 is 0. The number of nitrogens with zero attached hydrogens (tertiary/aromatic N) is 6. The molecular weight excluding hydrogens is 433 g/mol. The van der Waals surface area contributed by atoms with Crippen LogP contribution in [0.2, 0.25) is 0 Å². The van der Waals surface area contributed by atoms with Crippen molar-refractivity contribution in [3.8, 4) is 0 Å². The number of nitrogens with one attached hydrogen (secondary N) is 1. The average Bonchev–Trinajstić information content (AvgIpc) is 2.93. The lowest BCUT2D eigenvalue weighted by molar-refractivity contribution is -0.145. The summed E-state index contributed by atoms with van der Waals surface area (Å²) in [6.07, 6.45) is 1.72. The maximum absolute atomic E-state index is 12.6. The van der Waals surface area contributed by atoms with Crippen molar-refractivity contribution in [2.24, 2.45) is 4.99 Å². The van der Waals surface area contributed by atoms with Crippen LogP contribution in [0.1, 0.15) is 40.4 Å². The monoisotopic (exact) mass is 463 g/mol. The van der Waals surface area contributed by atoms with E-state index in [9.17, 15) is 4.79 Å². The largest absolute Gasteiger partial charge is 0.349 e. The van der Waals surface area contributed by atoms with Crippen molar-refractivity contribution < 1.29 is 4.79 Å². The summed E-state index contributed by atoms with van der Waals surface area (Å²) in [5, 5.41) is 11.4. The Hall–Kier alpha value is -1.39. The van der Waals surface area contributed by atoms with Crippen LogP contribution >= 0.6 is 24.0 Å². The van der Waals surface area contributed by atoms with Crippen LogP contribution in [0.15, 0.2) is 11.3 Å². The molecule has 1 saturated heterocycles. The normalized spacial score (nSPS) is 17.7. The van der Waals surface area contributed by atoms with Crippen LogP contribution in [-0.2, 0) is 17.9 Å². The molecule has 0 radical (unpaired) electrons. The van der Waals surface area contributed by atoms with E-state index in [1.165, 1.54) is 0 Å². The third-order valence-corrected chi connectivity index (χ3v) is 4.29. The number of carbonyl (C=O) groups is 1. The van der Waals surface area contributed by atoms with Crippen LogP contribution in [0.25, 0.3) is 0 Å². The molecule has 1 aliphatic rings. The van der Waals surface area contributed by atoms with Crippen molar-refractivity contribution in [1.82, 2.24) is 29.9 Å². The molecule has 0 bridgehead atoms. The van der Waals surface area contributed by atoms with E-state index in [0.717, 1.165) is 18.9 Å². The van der Waals surface area contributed by atoms with E-state index in [-0.39, 0.29) is 41.5 Å². The maximum atomic E-state index is 12.6. The summed E-state index contributed by atoms with van der Waals surface area (Å²) in [6.45, 7) is 12.8. The molecular formula is C16H30IN7O. The number of carbonyl (C=O) groups excluding carboxylic acids is 1. The molecule has 0 saturated carbocycles. The van der Waals surface area contributed by atoms with Gasteiger partial charge in [0.15, 0.2) is 11.8 Å². The molecule has 142 valence electrons. The van der Waals surface area contributed by atoms with Gasteiger partial charge in [0.25, 0.3) is 0 Å². The molecule has 0 aliphatic carbocycles. The van der Waals surface area contributed by atoms with Crippen molar-refractivity contribution in [2.75, 3.05) is 20.1 Å². The molecule has 25 heavy (non-hydrogen) atoms. The molecule has 1 aromatic heterocycles. The fourth-order valence-corrected chi connectivity index (χ4v) is 3.48. The van der Waals surface area contributed by atoms with Gasteiger partial charge in [0.1, 0.15) is 6.33 Å². The molecule has 0 spiro atoms. The van der Waals surface area contributed by atoms with Gasteiger partial charge in [-0.15, -0.1) is 34.2 Å². The van der Waals surface area contributed by atoms with Gasteiger partial charge >= 0.3 is 0 Å². The Morgan fingerprint density at radius 1 is 1.44 bits per heavy atom. The molecule has 1 fully saturated rings. The molecule has 0 unspecified atom stereocenters. The third-order valence-electron chi connectivity index (χ3n) is 4.29. The Morgan fingerprint density at radius 3 is 2.64 bits per heavy atom. The molecule has 0 atom stereocenters. The van der Waals surface area contributed by atoms with Crippen LogP contribution in [0.3, 0.4) is 0 Å². The summed E-state index contributed by atoms with van der Waals surface area (Å²) < 4.78 is 1.98. The number of halogens is 1. The number of aromatic nitrogens is 3. The van der Waals surface area contributed by atoms with Gasteiger partial charge in [-0.25, -0.2) is 0 Å². The first-order chi connectivity index (χ1) is 11.3. The van der Waals surface area contributed by atoms with Crippen molar-refractivity contribution >= 4 is 35.8 Å². The van der Waals surface area contributed by atoms with E-state index in [2.05, 4.69) is 48.2 Å². The molecule has 1 N–H and O–H groups in total. The molecule has 9 heteroatoms. The fourth-order valence-electron chi connectivity index (χ4n) is 3.48. The predicted octanol–water partition coefficient (Wildman–Crippen LogP) is 1.32. The van der Waals surface area contributed by atoms with Crippen LogP contribution in [0.4, 0.5) is 0 Å². The van der Waals surface area contributed by atoms with Crippen LogP contribution in [-0.4, -0.2) is 68.1 Å². The minimum absolute atomic E-state index is 0. The first-order valence-electron chi connectivity index (χ1n) is 8.44.